The summed E-state index contributed by atoms with van der Waals surface area (Å²) in [6.45, 7) is 0. The summed E-state index contributed by atoms with van der Waals surface area (Å²) in [5.74, 6) is -0.316. The largest absolute Gasteiger partial charge is 0.455 e. The van der Waals surface area contributed by atoms with E-state index in [0.717, 1.165) is 4.88 Å². The van der Waals surface area contributed by atoms with Crippen LogP contribution in [-0.2, 0) is 4.79 Å². The molecule has 0 fully saturated rings. The lowest BCUT2D eigenvalue weighted by Gasteiger charge is -2.08. The molecule has 0 radical (unpaired) electrons. The van der Waals surface area contributed by atoms with Gasteiger partial charge in [-0.05, 0) is 41.8 Å². The average molecular weight is 487 g/mol. The van der Waals surface area contributed by atoms with E-state index in [4.69, 9.17) is 4.42 Å². The number of furan rings is 1. The van der Waals surface area contributed by atoms with Crippen LogP contribution in [0.3, 0.4) is 0 Å². The van der Waals surface area contributed by atoms with Gasteiger partial charge < -0.3 is 9.73 Å². The number of hydrazone groups is 1. The van der Waals surface area contributed by atoms with Gasteiger partial charge in [0, 0.05) is 28.1 Å². The number of rotatable bonds is 8. The van der Waals surface area contributed by atoms with Crippen molar-refractivity contribution in [2.45, 2.75) is 0 Å². The van der Waals surface area contributed by atoms with E-state index in [2.05, 4.69) is 15.8 Å². The molecule has 2 amide bonds. The summed E-state index contributed by atoms with van der Waals surface area (Å²) in [6, 6.07) is 21.5. The average Bonchev–Trinajstić information content (AvgIpc) is 3.56. The summed E-state index contributed by atoms with van der Waals surface area (Å²) >= 11 is 1.41. The Morgan fingerprint density at radius 2 is 1.83 bits per heavy atom. The van der Waals surface area contributed by atoms with Gasteiger partial charge in [-0.1, -0.05) is 36.4 Å². The Bertz CT molecular complexity index is 1410. The van der Waals surface area contributed by atoms with Gasteiger partial charge >= 0.3 is 0 Å². The van der Waals surface area contributed by atoms with Gasteiger partial charge in [0.05, 0.1) is 11.1 Å². The zero-order chi connectivity index (χ0) is 24.6. The quantitative estimate of drug-likeness (QED) is 0.159. The lowest BCUT2D eigenvalue weighted by molar-refractivity contribution is -0.384. The number of thiophene rings is 1. The van der Waals surface area contributed by atoms with Gasteiger partial charge in [0.15, 0.2) is 0 Å². The highest BCUT2D eigenvalue weighted by Gasteiger charge is 2.15. The van der Waals surface area contributed by atoms with E-state index in [0.29, 0.717) is 22.6 Å². The Kier molecular flexibility index (Phi) is 7.24. The van der Waals surface area contributed by atoms with Crippen molar-refractivity contribution in [3.63, 3.8) is 0 Å². The minimum atomic E-state index is -0.621. The maximum atomic E-state index is 12.8. The molecule has 2 N–H and O–H groups in total. The molecule has 0 unspecified atom stereocenters. The van der Waals surface area contributed by atoms with Crippen molar-refractivity contribution in [1.82, 2.24) is 10.7 Å². The lowest BCUT2D eigenvalue weighted by Crippen LogP contribution is -2.32. The van der Waals surface area contributed by atoms with Gasteiger partial charge in [0.2, 0.25) is 0 Å². The Morgan fingerprint density at radius 3 is 2.57 bits per heavy atom. The Balaban J connectivity index is 1.46. The van der Waals surface area contributed by atoms with Crippen LogP contribution in [0.2, 0.25) is 0 Å². The van der Waals surface area contributed by atoms with Crippen molar-refractivity contribution in [1.29, 1.82) is 0 Å². The third-order valence-corrected chi connectivity index (χ3v) is 5.50. The number of non-ortho nitro benzene ring substituents is 1. The highest BCUT2D eigenvalue weighted by Crippen LogP contribution is 2.25. The van der Waals surface area contributed by atoms with E-state index in [1.165, 1.54) is 29.7 Å². The molecule has 0 spiro atoms. The number of nitro benzene ring substituents is 1. The highest BCUT2D eigenvalue weighted by atomic mass is 32.1. The van der Waals surface area contributed by atoms with Crippen LogP contribution < -0.4 is 10.7 Å². The van der Waals surface area contributed by atoms with Gasteiger partial charge in [-0.3, -0.25) is 19.7 Å². The van der Waals surface area contributed by atoms with Gasteiger partial charge in [-0.15, -0.1) is 11.3 Å². The molecule has 0 aliphatic carbocycles. The number of carbonyl (C=O) groups is 2. The summed E-state index contributed by atoms with van der Waals surface area (Å²) in [7, 11) is 0. The van der Waals surface area contributed by atoms with E-state index < -0.39 is 16.7 Å². The first-order chi connectivity index (χ1) is 17.0. The molecule has 35 heavy (non-hydrogen) atoms. The monoisotopic (exact) mass is 486 g/mol. The second kappa shape index (κ2) is 10.9. The zero-order valence-electron chi connectivity index (χ0n) is 18.1. The normalized spacial score (nSPS) is 11.4. The van der Waals surface area contributed by atoms with Crippen molar-refractivity contribution in [3.8, 4) is 11.3 Å². The number of amides is 2. The smallest absolute Gasteiger partial charge is 0.287 e. The molecule has 0 saturated carbocycles. The fraction of sp³-hybridized carbons (Fsp3) is 0. The Labute approximate surface area is 203 Å². The Hall–Kier alpha value is -4.83. The van der Waals surface area contributed by atoms with Crippen LogP contribution in [0, 0.1) is 10.1 Å². The third-order valence-electron chi connectivity index (χ3n) is 4.68. The highest BCUT2D eigenvalue weighted by molar-refractivity contribution is 7.10. The van der Waals surface area contributed by atoms with E-state index in [-0.39, 0.29) is 11.4 Å². The van der Waals surface area contributed by atoms with Crippen molar-refractivity contribution in [3.05, 3.63) is 116 Å². The number of hydrogen-bond donors (Lipinski definition) is 2. The zero-order valence-corrected chi connectivity index (χ0v) is 18.9. The summed E-state index contributed by atoms with van der Waals surface area (Å²) in [5.41, 5.74) is 3.29. The first-order valence-corrected chi connectivity index (χ1v) is 11.2. The first kappa shape index (κ1) is 23.3. The van der Waals surface area contributed by atoms with Crippen LogP contribution in [0.4, 0.5) is 5.69 Å². The minimum absolute atomic E-state index is 0.0233. The van der Waals surface area contributed by atoms with E-state index in [1.807, 2.05) is 17.5 Å². The molecule has 2 aromatic carbocycles. The molecule has 0 aliphatic rings. The molecule has 2 heterocycles. The van der Waals surface area contributed by atoms with E-state index >= 15 is 0 Å². The molecule has 4 aromatic rings. The van der Waals surface area contributed by atoms with Crippen molar-refractivity contribution < 1.29 is 18.9 Å². The van der Waals surface area contributed by atoms with Crippen LogP contribution in [0.25, 0.3) is 17.4 Å². The maximum absolute atomic E-state index is 12.8. The van der Waals surface area contributed by atoms with Crippen LogP contribution in [-0.4, -0.2) is 23.0 Å². The van der Waals surface area contributed by atoms with E-state index in [9.17, 15) is 19.7 Å². The summed E-state index contributed by atoms with van der Waals surface area (Å²) in [4.78, 5) is 36.6. The molecule has 0 atom stereocenters. The molecule has 4 rings (SSSR count). The molecule has 10 heteroatoms. The minimum Gasteiger partial charge on any atom is -0.455 e. The summed E-state index contributed by atoms with van der Waals surface area (Å²) in [5, 5.41) is 19.4. The van der Waals surface area contributed by atoms with Crippen LogP contribution in [0.1, 0.15) is 21.0 Å². The van der Waals surface area contributed by atoms with Crippen molar-refractivity contribution in [2.24, 2.45) is 5.10 Å². The van der Waals surface area contributed by atoms with Crippen molar-refractivity contribution >= 4 is 41.1 Å². The van der Waals surface area contributed by atoms with Crippen molar-refractivity contribution in [2.75, 3.05) is 0 Å². The predicted octanol–water partition coefficient (Wildman–Crippen LogP) is 4.84. The maximum Gasteiger partial charge on any atom is 0.287 e. The predicted molar refractivity (Wildman–Crippen MR) is 133 cm³/mol. The number of nitrogens with zero attached hydrogens (tertiary/aromatic N) is 2. The van der Waals surface area contributed by atoms with Gasteiger partial charge in [0.1, 0.15) is 17.2 Å². The molecule has 2 aromatic heterocycles. The number of carbonyl (C=O) groups excluding carboxylic acids is 2. The Morgan fingerprint density at radius 1 is 1.00 bits per heavy atom. The van der Waals surface area contributed by atoms with Gasteiger partial charge in [-0.2, -0.15) is 5.10 Å². The van der Waals surface area contributed by atoms with Crippen LogP contribution in [0.5, 0.6) is 0 Å². The fourth-order valence-corrected chi connectivity index (χ4v) is 3.68. The molecular formula is C25H18N4O5S. The second-order valence-corrected chi connectivity index (χ2v) is 8.08. The topological polar surface area (TPSA) is 127 Å². The summed E-state index contributed by atoms with van der Waals surface area (Å²) < 4.78 is 5.65. The molecule has 0 bridgehead atoms. The molecular weight excluding hydrogens is 468 g/mol. The summed E-state index contributed by atoms with van der Waals surface area (Å²) in [6.07, 6.45) is 2.85. The standard InChI is InChI=1S/C25H18N4O5S/c30-24(17-6-2-1-3-7-17)27-22(15-21-10-5-13-35-21)25(31)28-26-16-20-11-12-23(34-20)18-8-4-9-19(14-18)29(32)33/h1-16H,(H,27,30)(H,28,31). The molecule has 174 valence electrons. The first-order valence-electron chi connectivity index (χ1n) is 10.3. The molecule has 9 nitrogen and oxygen atoms in total. The number of benzene rings is 2. The van der Waals surface area contributed by atoms with Gasteiger partial charge in [-0.25, -0.2) is 5.43 Å². The number of nitro groups is 1. The third kappa shape index (κ3) is 6.15. The SMILES string of the molecule is O=C(NN=Cc1ccc(-c2cccc([N+](=O)[O-])c2)o1)C(=Cc1cccs1)NC(=O)c1ccccc1. The number of hydrogen-bond acceptors (Lipinski definition) is 7. The lowest BCUT2D eigenvalue weighted by atomic mass is 10.1. The van der Waals surface area contributed by atoms with E-state index in [1.54, 1.807) is 60.7 Å². The van der Waals surface area contributed by atoms with Gasteiger partial charge in [0.25, 0.3) is 17.5 Å². The molecule has 0 saturated heterocycles. The fourth-order valence-electron chi connectivity index (χ4n) is 3.02. The van der Waals surface area contributed by atoms with Crippen LogP contribution >= 0.6 is 11.3 Å². The second-order valence-electron chi connectivity index (χ2n) is 7.10. The number of nitrogens with one attached hydrogen (secondary N) is 2. The van der Waals surface area contributed by atoms with Crippen LogP contribution in [0.15, 0.2) is 99.5 Å². The molecule has 0 aliphatic heterocycles.